The largest absolute Gasteiger partial charge is 0.329 e. The predicted molar refractivity (Wildman–Crippen MR) is 51.8 cm³/mol. The average molecular weight is 168 g/mol. The van der Waals surface area contributed by atoms with Crippen LogP contribution < -0.4 is 5.73 Å². The number of hydrogen-bond acceptors (Lipinski definition) is 2. The van der Waals surface area contributed by atoms with E-state index in [2.05, 4.69) is 36.2 Å². The Morgan fingerprint density at radius 1 is 1.25 bits per heavy atom. The van der Waals surface area contributed by atoms with E-state index in [1.165, 1.54) is 5.56 Å². The van der Waals surface area contributed by atoms with Gasteiger partial charge in [0.1, 0.15) is 0 Å². The van der Waals surface area contributed by atoms with Crippen molar-refractivity contribution in [3.63, 3.8) is 0 Å². The molecule has 0 amide bonds. The molecular weight excluding hydrogens is 152 g/mol. The Labute approximate surface area is 74.0 Å². The first kappa shape index (κ1) is 9.23. The lowest BCUT2D eigenvalue weighted by Crippen LogP contribution is -2.24. The minimum absolute atomic E-state index is 0.726. The van der Waals surface area contributed by atoms with Crippen molar-refractivity contribution in [2.75, 3.05) is 20.1 Å². The van der Waals surface area contributed by atoms with Gasteiger partial charge in [-0.1, -0.05) is 30.3 Å². The smallest absolute Gasteiger partial charge is 0.0231 e. The molecule has 0 saturated heterocycles. The Hall–Kier alpha value is -0.860. The summed E-state index contributed by atoms with van der Waals surface area (Å²) >= 11 is 0. The molecule has 0 bridgehead atoms. The van der Waals surface area contributed by atoms with Gasteiger partial charge < -0.3 is 10.6 Å². The molecular formula is C10H16N2. The van der Waals surface area contributed by atoms with E-state index in [0.29, 0.717) is 0 Å². The fourth-order valence-electron chi connectivity index (χ4n) is 1.19. The Morgan fingerprint density at radius 2 is 1.92 bits per heavy atom. The molecule has 0 spiro atoms. The monoisotopic (exact) mass is 168 g/mol. The molecule has 12 heavy (non-hydrogen) atoms. The van der Waals surface area contributed by atoms with Gasteiger partial charge in [0.05, 0.1) is 0 Å². The van der Waals surface area contributed by atoms with Gasteiger partial charge in [-0.2, -0.15) is 0 Å². The van der Waals surface area contributed by atoms with Gasteiger partial charge in [0.15, 0.2) is 0 Å². The fraction of sp³-hybridized carbons (Fsp3) is 0.400. The lowest BCUT2D eigenvalue weighted by Gasteiger charge is -2.14. The molecule has 0 atom stereocenters. The first-order valence-corrected chi connectivity index (χ1v) is 4.25. The highest BCUT2D eigenvalue weighted by Crippen LogP contribution is 2.01. The third-order valence-corrected chi connectivity index (χ3v) is 1.81. The van der Waals surface area contributed by atoms with Gasteiger partial charge in [-0.15, -0.1) is 0 Å². The van der Waals surface area contributed by atoms with Crippen molar-refractivity contribution in [1.82, 2.24) is 4.90 Å². The third-order valence-electron chi connectivity index (χ3n) is 1.81. The van der Waals surface area contributed by atoms with Crippen LogP contribution in [0.5, 0.6) is 0 Å². The average Bonchev–Trinajstić information content (AvgIpc) is 2.06. The molecule has 0 saturated carbocycles. The highest BCUT2D eigenvalue weighted by Gasteiger charge is 1.96. The van der Waals surface area contributed by atoms with Gasteiger partial charge in [-0.25, -0.2) is 0 Å². The summed E-state index contributed by atoms with van der Waals surface area (Å²) in [6.07, 6.45) is 0. The summed E-state index contributed by atoms with van der Waals surface area (Å²) in [6, 6.07) is 10.4. The van der Waals surface area contributed by atoms with Crippen LogP contribution in [0.1, 0.15) is 5.56 Å². The Balaban J connectivity index is 2.41. The molecule has 1 aromatic rings. The number of benzene rings is 1. The lowest BCUT2D eigenvalue weighted by atomic mass is 10.2. The van der Waals surface area contributed by atoms with E-state index >= 15 is 0 Å². The normalized spacial score (nSPS) is 10.6. The maximum Gasteiger partial charge on any atom is 0.0231 e. The second-order valence-electron chi connectivity index (χ2n) is 3.01. The van der Waals surface area contributed by atoms with E-state index in [9.17, 15) is 0 Å². The molecule has 2 nitrogen and oxygen atoms in total. The highest BCUT2D eigenvalue weighted by molar-refractivity contribution is 5.14. The molecule has 2 N–H and O–H groups in total. The molecule has 1 rings (SSSR count). The maximum absolute atomic E-state index is 5.44. The van der Waals surface area contributed by atoms with E-state index < -0.39 is 0 Å². The van der Waals surface area contributed by atoms with Crippen molar-refractivity contribution in [2.45, 2.75) is 6.54 Å². The van der Waals surface area contributed by atoms with Crippen LogP contribution >= 0.6 is 0 Å². The van der Waals surface area contributed by atoms with Crippen LogP contribution in [0, 0.1) is 0 Å². The van der Waals surface area contributed by atoms with Crippen molar-refractivity contribution >= 4 is 0 Å². The van der Waals surface area contributed by atoms with Crippen LogP contribution in [-0.4, -0.2) is 25.0 Å². The lowest BCUT2D eigenvalue weighted by molar-refractivity contribution is 0.336. The second-order valence-corrected chi connectivity index (χ2v) is 3.01. The predicted octanol–water partition coefficient (Wildman–Crippen LogP) is 1.08. The van der Waals surface area contributed by atoms with Gasteiger partial charge in [0, 0.05) is 19.6 Å². The molecule has 1 aromatic carbocycles. The summed E-state index contributed by atoms with van der Waals surface area (Å²) in [6.45, 7) is 2.66. The van der Waals surface area contributed by atoms with Gasteiger partial charge >= 0.3 is 0 Å². The van der Waals surface area contributed by atoms with E-state index in [1.54, 1.807) is 0 Å². The summed E-state index contributed by atoms with van der Waals surface area (Å²) < 4.78 is 0. The molecule has 0 radical (unpaired) electrons. The summed E-state index contributed by atoms with van der Waals surface area (Å²) in [5, 5.41) is 0. The zero-order chi connectivity index (χ0) is 8.81. The van der Waals surface area contributed by atoms with Crippen molar-refractivity contribution in [1.29, 1.82) is 0 Å². The minimum Gasteiger partial charge on any atom is -0.329 e. The molecule has 0 unspecified atom stereocenters. The summed E-state index contributed by atoms with van der Waals surface area (Å²) in [5.74, 6) is 0. The molecule has 0 aliphatic heterocycles. The minimum atomic E-state index is 0.726. The van der Waals surface area contributed by atoms with Crippen molar-refractivity contribution in [3.05, 3.63) is 35.9 Å². The van der Waals surface area contributed by atoms with Gasteiger partial charge in [-0.3, -0.25) is 0 Å². The first-order valence-electron chi connectivity index (χ1n) is 4.25. The molecule has 0 aromatic heterocycles. The van der Waals surface area contributed by atoms with Crippen LogP contribution in [-0.2, 0) is 6.54 Å². The standard InChI is InChI=1S/C10H16N2/c1-12(8-7-11)9-10-5-3-2-4-6-10/h2-6H,7-9,11H2,1H3/i1+1,7+1,11+1,12+1. The summed E-state index contributed by atoms with van der Waals surface area (Å²) in [4.78, 5) is 2.22. The number of nitrogens with zero attached hydrogens (tertiary/aromatic N) is 1. The molecule has 2 heteroatoms. The Kier molecular flexibility index (Phi) is 3.77. The van der Waals surface area contributed by atoms with Crippen molar-refractivity contribution in [2.24, 2.45) is 5.73 Å². The molecule has 66 valence electrons. The van der Waals surface area contributed by atoms with Crippen LogP contribution in [0.25, 0.3) is 0 Å². The third kappa shape index (κ3) is 3.03. The summed E-state index contributed by atoms with van der Waals surface area (Å²) in [7, 11) is 2.08. The maximum atomic E-state index is 5.44. The molecule has 0 fully saturated rings. The van der Waals surface area contributed by atoms with E-state index in [1.807, 2.05) is 6.07 Å². The topological polar surface area (TPSA) is 29.3 Å². The fourth-order valence-corrected chi connectivity index (χ4v) is 1.19. The van der Waals surface area contributed by atoms with Crippen molar-refractivity contribution in [3.8, 4) is 0 Å². The highest BCUT2D eigenvalue weighted by atomic mass is 15.9. The molecule has 0 heterocycles. The Morgan fingerprint density at radius 3 is 2.50 bits per heavy atom. The van der Waals surface area contributed by atoms with Gasteiger partial charge in [-0.05, 0) is 12.6 Å². The van der Waals surface area contributed by atoms with Crippen LogP contribution in [0.4, 0.5) is 0 Å². The number of likely N-dealkylation sites (N-methyl/N-ethyl adjacent to an activating group) is 1. The van der Waals surface area contributed by atoms with Gasteiger partial charge in [0.2, 0.25) is 0 Å². The number of rotatable bonds is 4. The van der Waals surface area contributed by atoms with E-state index in [0.717, 1.165) is 19.6 Å². The number of hydrogen-bond donors (Lipinski definition) is 1. The van der Waals surface area contributed by atoms with Gasteiger partial charge in [0.25, 0.3) is 0 Å². The summed E-state index contributed by atoms with van der Waals surface area (Å²) in [5.41, 5.74) is 6.78. The number of nitrogens with two attached hydrogens (primary N) is 1. The molecule has 0 aliphatic carbocycles. The zero-order valence-corrected chi connectivity index (χ0v) is 7.53. The van der Waals surface area contributed by atoms with Crippen LogP contribution in [0.3, 0.4) is 0 Å². The molecule has 0 aliphatic rings. The zero-order valence-electron chi connectivity index (χ0n) is 7.53. The Bertz CT molecular complexity index is 208. The van der Waals surface area contributed by atoms with E-state index in [4.69, 9.17) is 5.73 Å². The SMILES string of the molecule is [13CH3][15N](C[13CH2][15NH2])Cc1ccccc1. The second kappa shape index (κ2) is 4.91. The first-order chi connectivity index (χ1) is 5.83. The van der Waals surface area contributed by atoms with Crippen molar-refractivity contribution < 1.29 is 0 Å². The van der Waals surface area contributed by atoms with E-state index in [-0.39, 0.29) is 0 Å². The van der Waals surface area contributed by atoms with Crippen LogP contribution in [0.2, 0.25) is 0 Å². The van der Waals surface area contributed by atoms with Crippen LogP contribution in [0.15, 0.2) is 30.3 Å². The quantitative estimate of drug-likeness (QED) is 0.538.